The lowest BCUT2D eigenvalue weighted by Gasteiger charge is -2.03. The van der Waals surface area contributed by atoms with Gasteiger partial charge in [-0.3, -0.25) is 4.79 Å². The third kappa shape index (κ3) is 3.07. The molecule has 0 saturated heterocycles. The van der Waals surface area contributed by atoms with Crippen LogP contribution in [0.2, 0.25) is 0 Å². The Morgan fingerprint density at radius 2 is 2.28 bits per heavy atom. The molecule has 1 heterocycles. The first-order valence-corrected chi connectivity index (χ1v) is 7.42. The van der Waals surface area contributed by atoms with Crippen LogP contribution >= 0.6 is 11.8 Å². The first-order valence-electron chi connectivity index (χ1n) is 6.03. The van der Waals surface area contributed by atoms with Crippen molar-refractivity contribution in [3.8, 4) is 0 Å². The van der Waals surface area contributed by atoms with Crippen LogP contribution in [0, 0.1) is 0 Å². The van der Waals surface area contributed by atoms with Crippen LogP contribution in [0.25, 0.3) is 10.9 Å². The van der Waals surface area contributed by atoms with Crippen LogP contribution in [-0.4, -0.2) is 23.7 Å². The molecule has 0 saturated carbocycles. The summed E-state index contributed by atoms with van der Waals surface area (Å²) in [4.78, 5) is 14.1. The van der Waals surface area contributed by atoms with E-state index in [0.717, 1.165) is 17.7 Å². The molecule has 3 nitrogen and oxygen atoms in total. The van der Waals surface area contributed by atoms with Gasteiger partial charge in [-0.25, -0.2) is 0 Å². The molecule has 0 fully saturated rings. The Morgan fingerprint density at radius 1 is 1.44 bits per heavy atom. The fraction of sp³-hybridized carbons (Fsp3) is 0.357. The molecular formula is C14H18N2OS. The molecule has 0 radical (unpaired) electrons. The summed E-state index contributed by atoms with van der Waals surface area (Å²) in [6.45, 7) is 2.24. The smallest absolute Gasteiger partial charge is 0.216 e. The molecule has 0 aliphatic carbocycles. The third-order valence-corrected chi connectivity index (χ3v) is 3.53. The van der Waals surface area contributed by atoms with E-state index in [9.17, 15) is 4.79 Å². The van der Waals surface area contributed by atoms with Crippen LogP contribution in [0.4, 0.5) is 0 Å². The number of thioether (sulfide) groups is 1. The second-order valence-electron chi connectivity index (χ2n) is 4.36. The van der Waals surface area contributed by atoms with Gasteiger partial charge in [-0.2, -0.15) is 11.8 Å². The predicted octanol–water partition coefficient (Wildman–Crippen LogP) is 2.71. The van der Waals surface area contributed by atoms with Gasteiger partial charge in [0.25, 0.3) is 0 Å². The molecule has 2 rings (SSSR count). The van der Waals surface area contributed by atoms with Gasteiger partial charge in [0.05, 0.1) is 0 Å². The minimum absolute atomic E-state index is 0.0258. The number of hydrogen-bond donors (Lipinski definition) is 2. The average Bonchev–Trinajstić information content (AvgIpc) is 2.72. The highest BCUT2D eigenvalue weighted by Crippen LogP contribution is 2.22. The molecule has 1 amide bonds. The molecule has 2 aromatic rings. The van der Waals surface area contributed by atoms with E-state index in [4.69, 9.17) is 0 Å². The lowest BCUT2D eigenvalue weighted by molar-refractivity contribution is -0.118. The van der Waals surface area contributed by atoms with Crippen molar-refractivity contribution in [3.05, 3.63) is 35.5 Å². The van der Waals surface area contributed by atoms with Crippen LogP contribution in [-0.2, 0) is 17.0 Å². The molecule has 4 heteroatoms. The fourth-order valence-corrected chi connectivity index (χ4v) is 2.57. The van der Waals surface area contributed by atoms with Gasteiger partial charge in [0.1, 0.15) is 0 Å². The minimum atomic E-state index is 0.0258. The largest absolute Gasteiger partial charge is 0.361 e. The zero-order valence-corrected chi connectivity index (χ0v) is 11.6. The number of carbonyl (C=O) groups is 1. The van der Waals surface area contributed by atoms with E-state index in [1.807, 2.05) is 18.0 Å². The Hall–Kier alpha value is -1.42. The average molecular weight is 262 g/mol. The third-order valence-electron chi connectivity index (χ3n) is 2.91. The number of rotatable bonds is 5. The van der Waals surface area contributed by atoms with Gasteiger partial charge in [-0.1, -0.05) is 6.07 Å². The minimum Gasteiger partial charge on any atom is -0.361 e. The van der Waals surface area contributed by atoms with Gasteiger partial charge in [0, 0.05) is 36.3 Å². The van der Waals surface area contributed by atoms with Crippen LogP contribution in [0.1, 0.15) is 18.1 Å². The van der Waals surface area contributed by atoms with Crippen molar-refractivity contribution in [1.82, 2.24) is 10.3 Å². The van der Waals surface area contributed by atoms with Crippen molar-refractivity contribution in [1.29, 1.82) is 0 Å². The Bertz CT molecular complexity index is 548. The van der Waals surface area contributed by atoms with E-state index in [-0.39, 0.29) is 5.91 Å². The number of aromatic amines is 1. The van der Waals surface area contributed by atoms with Gasteiger partial charge in [0.2, 0.25) is 5.91 Å². The van der Waals surface area contributed by atoms with Crippen molar-refractivity contribution in [2.75, 3.05) is 12.8 Å². The molecular weight excluding hydrogens is 244 g/mol. The molecule has 18 heavy (non-hydrogen) atoms. The second-order valence-corrected chi connectivity index (χ2v) is 5.23. The maximum absolute atomic E-state index is 10.9. The van der Waals surface area contributed by atoms with E-state index < -0.39 is 0 Å². The van der Waals surface area contributed by atoms with Gasteiger partial charge in [-0.15, -0.1) is 0 Å². The summed E-state index contributed by atoms with van der Waals surface area (Å²) >= 11 is 1.83. The zero-order chi connectivity index (χ0) is 13.0. The highest BCUT2D eigenvalue weighted by atomic mass is 32.2. The number of aromatic nitrogens is 1. The van der Waals surface area contributed by atoms with Crippen molar-refractivity contribution in [3.63, 3.8) is 0 Å². The van der Waals surface area contributed by atoms with Gasteiger partial charge < -0.3 is 10.3 Å². The summed E-state index contributed by atoms with van der Waals surface area (Å²) in [6, 6.07) is 6.53. The normalized spacial score (nSPS) is 10.8. The van der Waals surface area contributed by atoms with Gasteiger partial charge in [-0.05, 0) is 35.9 Å². The summed E-state index contributed by atoms with van der Waals surface area (Å²) in [6.07, 6.45) is 5.01. The molecule has 96 valence electrons. The maximum Gasteiger partial charge on any atom is 0.216 e. The number of H-pyrrole nitrogens is 1. The molecule has 0 atom stereocenters. The Balaban J connectivity index is 2.16. The van der Waals surface area contributed by atoms with Gasteiger partial charge >= 0.3 is 0 Å². The predicted molar refractivity (Wildman–Crippen MR) is 77.9 cm³/mol. The lowest BCUT2D eigenvalue weighted by Crippen LogP contribution is -2.22. The summed E-state index contributed by atoms with van der Waals surface area (Å²) in [5.74, 6) is 1.06. The second kappa shape index (κ2) is 5.96. The van der Waals surface area contributed by atoms with Crippen LogP contribution in [0.15, 0.2) is 24.4 Å². The number of fused-ring (bicyclic) bond motifs is 1. The molecule has 0 aliphatic heterocycles. The van der Waals surface area contributed by atoms with Crippen molar-refractivity contribution in [2.24, 2.45) is 0 Å². The first-order chi connectivity index (χ1) is 8.70. The summed E-state index contributed by atoms with van der Waals surface area (Å²) in [5.41, 5.74) is 3.77. The quantitative estimate of drug-likeness (QED) is 0.870. The van der Waals surface area contributed by atoms with Crippen LogP contribution in [0.3, 0.4) is 0 Å². The molecule has 0 aliphatic rings. The number of amides is 1. The zero-order valence-electron chi connectivity index (χ0n) is 10.7. The summed E-state index contributed by atoms with van der Waals surface area (Å²) < 4.78 is 0. The summed E-state index contributed by atoms with van der Waals surface area (Å²) in [5, 5.41) is 4.10. The standard InChI is InChI=1S/C14H18N2OS/c1-10(17)15-6-5-12-8-16-14-4-3-11(9-18-2)7-13(12)14/h3-4,7-8,16H,5-6,9H2,1-2H3,(H,15,17). The molecule has 2 N–H and O–H groups in total. The van der Waals surface area contributed by atoms with Gasteiger partial charge in [0.15, 0.2) is 0 Å². The molecule has 0 spiro atoms. The van der Waals surface area contributed by atoms with Crippen molar-refractivity contribution >= 4 is 28.6 Å². The Morgan fingerprint density at radius 3 is 3.00 bits per heavy atom. The van der Waals surface area contributed by atoms with E-state index in [2.05, 4.69) is 34.8 Å². The lowest BCUT2D eigenvalue weighted by atomic mass is 10.1. The number of hydrogen-bond acceptors (Lipinski definition) is 2. The summed E-state index contributed by atoms with van der Waals surface area (Å²) in [7, 11) is 0. The van der Waals surface area contributed by atoms with E-state index in [0.29, 0.717) is 6.54 Å². The number of benzene rings is 1. The molecule has 0 unspecified atom stereocenters. The van der Waals surface area contributed by atoms with Crippen molar-refractivity contribution in [2.45, 2.75) is 19.1 Å². The molecule has 1 aromatic carbocycles. The van der Waals surface area contributed by atoms with Crippen LogP contribution in [0.5, 0.6) is 0 Å². The molecule has 0 bridgehead atoms. The van der Waals surface area contributed by atoms with E-state index in [1.54, 1.807) is 6.92 Å². The molecule has 1 aromatic heterocycles. The fourth-order valence-electron chi connectivity index (χ4n) is 2.06. The van der Waals surface area contributed by atoms with E-state index >= 15 is 0 Å². The highest BCUT2D eigenvalue weighted by molar-refractivity contribution is 7.97. The Labute approximate surface area is 111 Å². The monoisotopic (exact) mass is 262 g/mol. The Kier molecular flexibility index (Phi) is 4.31. The van der Waals surface area contributed by atoms with E-state index in [1.165, 1.54) is 16.5 Å². The number of nitrogens with one attached hydrogen (secondary N) is 2. The topological polar surface area (TPSA) is 44.9 Å². The van der Waals surface area contributed by atoms with Crippen molar-refractivity contribution < 1.29 is 4.79 Å². The maximum atomic E-state index is 10.9. The van der Waals surface area contributed by atoms with Crippen LogP contribution < -0.4 is 5.32 Å². The number of carbonyl (C=O) groups excluding carboxylic acids is 1. The first kappa shape index (κ1) is 13.0. The SMILES string of the molecule is CSCc1ccc2[nH]cc(CCNC(C)=O)c2c1. The highest BCUT2D eigenvalue weighted by Gasteiger charge is 2.04.